The molecule has 1 aromatic heterocycles. The summed E-state index contributed by atoms with van der Waals surface area (Å²) in [4.78, 5) is 6.66. The molecule has 0 atom stereocenters. The highest BCUT2D eigenvalue weighted by Gasteiger charge is 2.01. The third-order valence-corrected chi connectivity index (χ3v) is 3.32. The summed E-state index contributed by atoms with van der Waals surface area (Å²) in [5.41, 5.74) is 2.48. The predicted octanol–water partition coefficient (Wildman–Crippen LogP) is 3.15. The molecule has 1 heterocycles. The van der Waals surface area contributed by atoms with E-state index in [-0.39, 0.29) is 0 Å². The van der Waals surface area contributed by atoms with Crippen LogP contribution in [-0.2, 0) is 13.0 Å². The van der Waals surface area contributed by atoms with Crippen LogP contribution in [0, 0.1) is 0 Å². The molecule has 2 rings (SSSR count). The maximum atomic E-state index is 5.16. The Labute approximate surface area is 121 Å². The lowest BCUT2D eigenvalue weighted by molar-refractivity contribution is 0.318. The second-order valence-corrected chi connectivity index (χ2v) is 5.01. The van der Waals surface area contributed by atoms with Gasteiger partial charge in [0, 0.05) is 12.7 Å². The number of ether oxygens (including phenoxy) is 1. The van der Waals surface area contributed by atoms with Crippen LogP contribution in [0.4, 0.5) is 0 Å². The Bertz CT molecular complexity index is 496. The average Bonchev–Trinajstić information content (AvgIpc) is 2.49. The van der Waals surface area contributed by atoms with Crippen molar-refractivity contribution in [1.29, 1.82) is 0 Å². The lowest BCUT2D eigenvalue weighted by Crippen LogP contribution is -2.20. The molecule has 0 fully saturated rings. The van der Waals surface area contributed by atoms with Crippen molar-refractivity contribution in [2.24, 2.45) is 0 Å². The molecule has 20 heavy (non-hydrogen) atoms. The lowest BCUT2D eigenvalue weighted by Gasteiger charge is -2.15. The number of aryl methyl sites for hydroxylation is 1. The Balaban J connectivity index is 1.72. The van der Waals surface area contributed by atoms with Crippen LogP contribution in [0.3, 0.4) is 0 Å². The van der Waals surface area contributed by atoms with Gasteiger partial charge in [0.15, 0.2) is 0 Å². The van der Waals surface area contributed by atoms with Crippen molar-refractivity contribution in [1.82, 2.24) is 9.88 Å². The van der Waals surface area contributed by atoms with E-state index in [0.717, 1.165) is 37.4 Å². The monoisotopic (exact) mass is 270 g/mol. The first kappa shape index (κ1) is 14.5. The highest BCUT2D eigenvalue weighted by Crippen LogP contribution is 2.12. The van der Waals surface area contributed by atoms with Crippen LogP contribution < -0.4 is 4.74 Å². The topological polar surface area (TPSA) is 25.4 Å². The molecule has 0 bridgehead atoms. The fraction of sp³-hybridized carbons (Fsp3) is 0.353. The van der Waals surface area contributed by atoms with Crippen molar-refractivity contribution < 1.29 is 4.74 Å². The van der Waals surface area contributed by atoms with E-state index in [1.807, 2.05) is 30.5 Å². The Morgan fingerprint density at radius 2 is 1.90 bits per heavy atom. The smallest absolute Gasteiger partial charge is 0.118 e. The second-order valence-electron chi connectivity index (χ2n) is 5.01. The van der Waals surface area contributed by atoms with Crippen LogP contribution in [0.1, 0.15) is 17.7 Å². The SMILES string of the molecule is COc1ccc(CCCN(C)Cc2ccccn2)cc1. The molecule has 0 radical (unpaired) electrons. The van der Waals surface area contributed by atoms with Crippen LogP contribution in [0.2, 0.25) is 0 Å². The maximum absolute atomic E-state index is 5.16. The first-order chi connectivity index (χ1) is 9.78. The zero-order valence-corrected chi connectivity index (χ0v) is 12.2. The number of hydrogen-bond acceptors (Lipinski definition) is 3. The van der Waals surface area contributed by atoms with Crippen LogP contribution >= 0.6 is 0 Å². The third kappa shape index (κ3) is 4.67. The minimum Gasteiger partial charge on any atom is -0.497 e. The molecular formula is C17H22N2O. The van der Waals surface area contributed by atoms with E-state index < -0.39 is 0 Å². The summed E-state index contributed by atoms with van der Waals surface area (Å²) in [6.45, 7) is 1.98. The van der Waals surface area contributed by atoms with Crippen molar-refractivity contribution in [2.75, 3.05) is 20.7 Å². The molecular weight excluding hydrogens is 248 g/mol. The van der Waals surface area contributed by atoms with E-state index in [1.165, 1.54) is 5.56 Å². The fourth-order valence-corrected chi connectivity index (χ4v) is 2.19. The molecule has 0 N–H and O–H groups in total. The third-order valence-electron chi connectivity index (χ3n) is 3.32. The summed E-state index contributed by atoms with van der Waals surface area (Å²) in [5, 5.41) is 0. The van der Waals surface area contributed by atoms with Gasteiger partial charge in [-0.2, -0.15) is 0 Å². The van der Waals surface area contributed by atoms with Crippen molar-refractivity contribution in [2.45, 2.75) is 19.4 Å². The minimum atomic E-state index is 0.906. The molecule has 0 spiro atoms. The Hall–Kier alpha value is -1.87. The largest absolute Gasteiger partial charge is 0.497 e. The van der Waals surface area contributed by atoms with Gasteiger partial charge in [-0.1, -0.05) is 18.2 Å². The summed E-state index contributed by atoms with van der Waals surface area (Å²) >= 11 is 0. The molecule has 2 aromatic rings. The molecule has 0 amide bonds. The molecule has 106 valence electrons. The number of rotatable bonds is 7. The first-order valence-electron chi connectivity index (χ1n) is 6.99. The normalized spacial score (nSPS) is 10.8. The van der Waals surface area contributed by atoms with E-state index in [0.29, 0.717) is 0 Å². The van der Waals surface area contributed by atoms with Crippen LogP contribution in [0.5, 0.6) is 5.75 Å². The number of nitrogens with zero attached hydrogens (tertiary/aromatic N) is 2. The van der Waals surface area contributed by atoms with Crippen LogP contribution in [-0.4, -0.2) is 30.6 Å². The van der Waals surface area contributed by atoms with Gasteiger partial charge in [0.2, 0.25) is 0 Å². The molecule has 0 aliphatic heterocycles. The molecule has 3 nitrogen and oxygen atoms in total. The zero-order valence-electron chi connectivity index (χ0n) is 12.2. The standard InChI is InChI=1S/C17H22N2O/c1-19(14-16-7-3-4-12-18-16)13-5-6-15-8-10-17(20-2)11-9-15/h3-4,7-12H,5-6,13-14H2,1-2H3. The van der Waals surface area contributed by atoms with Gasteiger partial charge >= 0.3 is 0 Å². The molecule has 0 saturated heterocycles. The van der Waals surface area contributed by atoms with Crippen molar-refractivity contribution in [3.05, 3.63) is 59.9 Å². The second kappa shape index (κ2) is 7.65. The molecule has 3 heteroatoms. The van der Waals surface area contributed by atoms with Gasteiger partial charge in [0.05, 0.1) is 12.8 Å². The van der Waals surface area contributed by atoms with Gasteiger partial charge in [-0.3, -0.25) is 4.98 Å². The molecule has 0 saturated carbocycles. The zero-order chi connectivity index (χ0) is 14.2. The van der Waals surface area contributed by atoms with Gasteiger partial charge in [-0.15, -0.1) is 0 Å². The van der Waals surface area contributed by atoms with E-state index in [1.54, 1.807) is 7.11 Å². The van der Waals surface area contributed by atoms with E-state index in [4.69, 9.17) is 4.74 Å². The Morgan fingerprint density at radius 3 is 2.55 bits per heavy atom. The van der Waals surface area contributed by atoms with Gasteiger partial charge in [0.1, 0.15) is 5.75 Å². The number of pyridine rings is 1. The van der Waals surface area contributed by atoms with Gasteiger partial charge in [-0.05, 0) is 56.3 Å². The summed E-state index contributed by atoms with van der Waals surface area (Å²) in [7, 11) is 3.84. The minimum absolute atomic E-state index is 0.906. The molecule has 0 aliphatic rings. The predicted molar refractivity (Wildman–Crippen MR) is 81.9 cm³/mol. The van der Waals surface area contributed by atoms with Gasteiger partial charge in [0.25, 0.3) is 0 Å². The quantitative estimate of drug-likeness (QED) is 0.773. The van der Waals surface area contributed by atoms with Crippen molar-refractivity contribution in [3.63, 3.8) is 0 Å². The number of aromatic nitrogens is 1. The Kier molecular flexibility index (Phi) is 5.56. The maximum Gasteiger partial charge on any atom is 0.118 e. The van der Waals surface area contributed by atoms with Crippen LogP contribution in [0.25, 0.3) is 0 Å². The highest BCUT2D eigenvalue weighted by molar-refractivity contribution is 5.27. The van der Waals surface area contributed by atoms with Crippen LogP contribution in [0.15, 0.2) is 48.7 Å². The lowest BCUT2D eigenvalue weighted by atomic mass is 10.1. The number of hydrogen-bond donors (Lipinski definition) is 0. The Morgan fingerprint density at radius 1 is 1.10 bits per heavy atom. The van der Waals surface area contributed by atoms with Gasteiger partial charge < -0.3 is 9.64 Å². The number of methoxy groups -OCH3 is 1. The first-order valence-corrected chi connectivity index (χ1v) is 6.99. The van der Waals surface area contributed by atoms with E-state index in [2.05, 4.69) is 35.1 Å². The molecule has 0 unspecified atom stereocenters. The van der Waals surface area contributed by atoms with E-state index in [9.17, 15) is 0 Å². The fourth-order valence-electron chi connectivity index (χ4n) is 2.19. The summed E-state index contributed by atoms with van der Waals surface area (Å²) in [6.07, 6.45) is 4.09. The summed E-state index contributed by atoms with van der Waals surface area (Å²) < 4.78 is 5.16. The van der Waals surface area contributed by atoms with Crippen molar-refractivity contribution in [3.8, 4) is 5.75 Å². The van der Waals surface area contributed by atoms with Crippen molar-refractivity contribution >= 4 is 0 Å². The highest BCUT2D eigenvalue weighted by atomic mass is 16.5. The molecule has 0 aliphatic carbocycles. The van der Waals surface area contributed by atoms with Gasteiger partial charge in [-0.25, -0.2) is 0 Å². The average molecular weight is 270 g/mol. The summed E-state index contributed by atoms with van der Waals surface area (Å²) in [6, 6.07) is 14.4. The molecule has 1 aromatic carbocycles. The van der Waals surface area contributed by atoms with E-state index >= 15 is 0 Å². The number of benzene rings is 1. The summed E-state index contributed by atoms with van der Waals surface area (Å²) in [5.74, 6) is 0.918.